The minimum Gasteiger partial charge on any atom is -0.364 e. The molecule has 0 aromatic rings. The van der Waals surface area contributed by atoms with Crippen molar-refractivity contribution in [2.24, 2.45) is 5.73 Å². The number of rotatable bonds is 4. The number of hydrogen-bond donors (Lipinski definition) is 1. The van der Waals surface area contributed by atoms with E-state index < -0.39 is 0 Å². The summed E-state index contributed by atoms with van der Waals surface area (Å²) >= 11 is 0. The molecule has 2 fully saturated rings. The molecular weight excluding hydrogens is 284 g/mol. The van der Waals surface area contributed by atoms with E-state index in [1.165, 1.54) is 0 Å². The third-order valence-corrected chi connectivity index (χ3v) is 4.54. The Hall–Kier alpha value is -1.34. The molecule has 2 rings (SSSR count). The van der Waals surface area contributed by atoms with Crippen LogP contribution < -0.4 is 5.73 Å². The topological polar surface area (TPSA) is 79.1 Å². The fourth-order valence-corrected chi connectivity index (χ4v) is 3.08. The van der Waals surface area contributed by atoms with Gasteiger partial charge in [-0.15, -0.1) is 0 Å². The summed E-state index contributed by atoms with van der Waals surface area (Å²) in [5.41, 5.74) is 5.58. The standard InChI is InChI=1S/C15H28N4O3/c1-3-17(4-2)15(21)19-9-7-18(8-10-19)14(20)13-6-5-12(11-16)22-13/h12-13H,3-11,16H2,1-2H3/t12-,13+/m1/s1. The second-order valence-corrected chi connectivity index (χ2v) is 5.83. The lowest BCUT2D eigenvalue weighted by Crippen LogP contribution is -2.55. The maximum atomic E-state index is 12.4. The Morgan fingerprint density at radius 3 is 2.18 bits per heavy atom. The van der Waals surface area contributed by atoms with Crippen molar-refractivity contribution >= 4 is 11.9 Å². The average Bonchev–Trinajstić information content (AvgIpc) is 3.04. The van der Waals surface area contributed by atoms with E-state index in [1.807, 2.05) is 28.5 Å². The van der Waals surface area contributed by atoms with Gasteiger partial charge in [-0.05, 0) is 26.7 Å². The number of carbonyl (C=O) groups is 2. The molecule has 0 aromatic heterocycles. The molecule has 2 saturated heterocycles. The van der Waals surface area contributed by atoms with Crippen molar-refractivity contribution in [3.63, 3.8) is 0 Å². The Labute approximate surface area is 132 Å². The quantitative estimate of drug-likeness (QED) is 0.798. The summed E-state index contributed by atoms with van der Waals surface area (Å²) in [6, 6.07) is 0.0670. The third kappa shape index (κ3) is 3.70. The first-order chi connectivity index (χ1) is 10.6. The lowest BCUT2D eigenvalue weighted by atomic mass is 10.1. The Morgan fingerprint density at radius 2 is 1.68 bits per heavy atom. The first kappa shape index (κ1) is 17.0. The third-order valence-electron chi connectivity index (χ3n) is 4.54. The minimum absolute atomic E-state index is 0.0134. The van der Waals surface area contributed by atoms with Crippen molar-refractivity contribution in [2.75, 3.05) is 45.8 Å². The maximum Gasteiger partial charge on any atom is 0.320 e. The summed E-state index contributed by atoms with van der Waals surface area (Å²) in [6.07, 6.45) is 1.27. The Bertz CT molecular complexity index is 392. The highest BCUT2D eigenvalue weighted by atomic mass is 16.5. The molecule has 0 aromatic carbocycles. The lowest BCUT2D eigenvalue weighted by Gasteiger charge is -2.37. The van der Waals surface area contributed by atoms with Crippen LogP contribution in [0.2, 0.25) is 0 Å². The van der Waals surface area contributed by atoms with Crippen LogP contribution in [0.25, 0.3) is 0 Å². The van der Waals surface area contributed by atoms with Crippen molar-refractivity contribution in [2.45, 2.75) is 38.9 Å². The van der Waals surface area contributed by atoms with Crippen LogP contribution in [-0.2, 0) is 9.53 Å². The normalized spacial score (nSPS) is 25.4. The van der Waals surface area contributed by atoms with Crippen LogP contribution in [0.4, 0.5) is 4.79 Å². The van der Waals surface area contributed by atoms with Crippen LogP contribution in [-0.4, -0.2) is 84.7 Å². The molecule has 0 aliphatic carbocycles. The number of piperazine rings is 1. The number of amides is 3. The molecule has 0 bridgehead atoms. The number of nitrogens with zero attached hydrogens (tertiary/aromatic N) is 3. The molecule has 2 aliphatic rings. The highest BCUT2D eigenvalue weighted by Crippen LogP contribution is 2.21. The smallest absolute Gasteiger partial charge is 0.320 e. The van der Waals surface area contributed by atoms with Gasteiger partial charge in [0.15, 0.2) is 0 Å². The van der Waals surface area contributed by atoms with Crippen LogP contribution in [0.1, 0.15) is 26.7 Å². The van der Waals surface area contributed by atoms with E-state index in [1.54, 1.807) is 0 Å². The number of nitrogens with two attached hydrogens (primary N) is 1. The molecule has 2 aliphatic heterocycles. The van der Waals surface area contributed by atoms with Gasteiger partial charge >= 0.3 is 6.03 Å². The summed E-state index contributed by atoms with van der Waals surface area (Å²) in [7, 11) is 0. The SMILES string of the molecule is CCN(CC)C(=O)N1CCN(C(=O)[C@@H]2CC[C@H](CN)O2)CC1. The molecule has 126 valence electrons. The van der Waals surface area contributed by atoms with Gasteiger partial charge in [0, 0.05) is 45.8 Å². The summed E-state index contributed by atoms with van der Waals surface area (Å²) < 4.78 is 5.67. The molecule has 2 heterocycles. The van der Waals surface area contributed by atoms with Crippen molar-refractivity contribution in [1.82, 2.24) is 14.7 Å². The fourth-order valence-electron chi connectivity index (χ4n) is 3.08. The second kappa shape index (κ2) is 7.78. The van der Waals surface area contributed by atoms with E-state index in [4.69, 9.17) is 10.5 Å². The highest BCUT2D eigenvalue weighted by molar-refractivity contribution is 5.82. The minimum atomic E-state index is -0.349. The molecule has 2 N–H and O–H groups in total. The van der Waals surface area contributed by atoms with E-state index in [-0.39, 0.29) is 24.1 Å². The molecular formula is C15H28N4O3. The van der Waals surface area contributed by atoms with Crippen LogP contribution >= 0.6 is 0 Å². The van der Waals surface area contributed by atoms with Gasteiger partial charge in [-0.1, -0.05) is 0 Å². The van der Waals surface area contributed by atoms with Gasteiger partial charge < -0.3 is 25.2 Å². The van der Waals surface area contributed by atoms with Gasteiger partial charge in [0.25, 0.3) is 5.91 Å². The van der Waals surface area contributed by atoms with Crippen molar-refractivity contribution in [3.05, 3.63) is 0 Å². The van der Waals surface area contributed by atoms with Gasteiger partial charge in [0.05, 0.1) is 6.10 Å². The zero-order chi connectivity index (χ0) is 16.1. The van der Waals surface area contributed by atoms with E-state index in [2.05, 4.69) is 0 Å². The largest absolute Gasteiger partial charge is 0.364 e. The van der Waals surface area contributed by atoms with E-state index in [9.17, 15) is 9.59 Å². The van der Waals surface area contributed by atoms with Crippen LogP contribution in [0.5, 0.6) is 0 Å². The second-order valence-electron chi connectivity index (χ2n) is 5.83. The van der Waals surface area contributed by atoms with Gasteiger partial charge in [0.1, 0.15) is 6.10 Å². The number of ether oxygens (including phenoxy) is 1. The van der Waals surface area contributed by atoms with E-state index in [0.29, 0.717) is 45.8 Å². The van der Waals surface area contributed by atoms with Crippen molar-refractivity contribution < 1.29 is 14.3 Å². The van der Waals surface area contributed by atoms with E-state index in [0.717, 1.165) is 12.8 Å². The van der Waals surface area contributed by atoms with Crippen molar-refractivity contribution in [3.8, 4) is 0 Å². The number of hydrogen-bond acceptors (Lipinski definition) is 4. The Balaban J connectivity index is 1.82. The van der Waals surface area contributed by atoms with Gasteiger partial charge in [-0.2, -0.15) is 0 Å². The maximum absolute atomic E-state index is 12.4. The summed E-state index contributed by atoms with van der Waals surface area (Å²) in [5, 5.41) is 0. The average molecular weight is 312 g/mol. The van der Waals surface area contributed by atoms with Crippen LogP contribution in [0.3, 0.4) is 0 Å². The molecule has 0 radical (unpaired) electrons. The summed E-state index contributed by atoms with van der Waals surface area (Å²) in [6.45, 7) is 8.20. The predicted octanol–water partition coefficient (Wildman–Crippen LogP) is 0.0987. The first-order valence-corrected chi connectivity index (χ1v) is 8.28. The number of urea groups is 1. The molecule has 7 nitrogen and oxygen atoms in total. The molecule has 0 unspecified atom stereocenters. The Morgan fingerprint density at radius 1 is 1.09 bits per heavy atom. The molecule has 22 heavy (non-hydrogen) atoms. The van der Waals surface area contributed by atoms with Gasteiger partial charge in [0.2, 0.25) is 0 Å². The number of carbonyl (C=O) groups excluding carboxylic acids is 2. The van der Waals surface area contributed by atoms with Gasteiger partial charge in [-0.3, -0.25) is 4.79 Å². The zero-order valence-corrected chi connectivity index (χ0v) is 13.7. The molecule has 3 amide bonds. The van der Waals surface area contributed by atoms with Crippen molar-refractivity contribution in [1.29, 1.82) is 0 Å². The zero-order valence-electron chi connectivity index (χ0n) is 13.7. The van der Waals surface area contributed by atoms with Crippen LogP contribution in [0, 0.1) is 0 Å². The molecule has 0 saturated carbocycles. The van der Waals surface area contributed by atoms with Gasteiger partial charge in [-0.25, -0.2) is 4.79 Å². The molecule has 7 heteroatoms. The molecule has 2 atom stereocenters. The fraction of sp³-hybridized carbons (Fsp3) is 0.867. The monoisotopic (exact) mass is 312 g/mol. The summed E-state index contributed by atoms with van der Waals surface area (Å²) in [4.78, 5) is 30.2. The van der Waals surface area contributed by atoms with Crippen LogP contribution in [0.15, 0.2) is 0 Å². The Kier molecular flexibility index (Phi) is 6.02. The first-order valence-electron chi connectivity index (χ1n) is 8.28. The molecule has 0 spiro atoms. The van der Waals surface area contributed by atoms with E-state index >= 15 is 0 Å². The lowest BCUT2D eigenvalue weighted by molar-refractivity contribution is -0.144. The predicted molar refractivity (Wildman–Crippen MR) is 83.4 cm³/mol. The summed E-state index contributed by atoms with van der Waals surface area (Å²) in [5.74, 6) is 0.0471. The highest BCUT2D eigenvalue weighted by Gasteiger charge is 2.34.